The number of halogens is 3. The largest absolute Gasteiger partial charge is 0.449 e. The van der Waals surface area contributed by atoms with Crippen LogP contribution in [0.15, 0.2) is 33.9 Å². The van der Waals surface area contributed by atoms with Gasteiger partial charge in [-0.25, -0.2) is 4.98 Å². The summed E-state index contributed by atoms with van der Waals surface area (Å²) < 4.78 is 40.5. The van der Waals surface area contributed by atoms with E-state index in [0.717, 1.165) is 23.7 Å². The molecule has 0 bridgehead atoms. The lowest BCUT2D eigenvalue weighted by Gasteiger charge is -2.28. The Morgan fingerprint density at radius 1 is 1.13 bits per heavy atom. The van der Waals surface area contributed by atoms with Crippen molar-refractivity contribution >= 4 is 10.9 Å². The standard InChI is InChI=1S/C21H19F3N4O2/c22-21(23,24)20-25-16-6-8-27(11-15(16)18(29)26-20)10-14-9-13-4-1-3-12-5-2-7-28(17(12)13)19(14)30/h1,3-4,9H,2,5-8,10-11H2,(H,25,26,29). The number of alkyl halides is 3. The molecule has 0 fully saturated rings. The normalized spacial score (nSPS) is 16.6. The van der Waals surface area contributed by atoms with Crippen molar-refractivity contribution in [3.63, 3.8) is 0 Å². The first-order valence-corrected chi connectivity index (χ1v) is 9.87. The van der Waals surface area contributed by atoms with Crippen molar-refractivity contribution in [2.24, 2.45) is 0 Å². The smallest absolute Gasteiger partial charge is 0.308 e. The Balaban J connectivity index is 1.48. The quantitative estimate of drug-likeness (QED) is 0.697. The zero-order chi connectivity index (χ0) is 21.0. The zero-order valence-electron chi connectivity index (χ0n) is 16.1. The number of rotatable bonds is 2. The second-order valence-corrected chi connectivity index (χ2v) is 7.88. The first-order chi connectivity index (χ1) is 14.3. The molecule has 0 radical (unpaired) electrons. The lowest BCUT2D eigenvalue weighted by molar-refractivity contribution is -0.145. The number of aromatic amines is 1. The highest BCUT2D eigenvalue weighted by molar-refractivity contribution is 5.83. The summed E-state index contributed by atoms with van der Waals surface area (Å²) >= 11 is 0. The Morgan fingerprint density at radius 3 is 2.77 bits per heavy atom. The van der Waals surface area contributed by atoms with Crippen LogP contribution in [0.4, 0.5) is 13.2 Å². The van der Waals surface area contributed by atoms with Crippen molar-refractivity contribution < 1.29 is 13.2 Å². The van der Waals surface area contributed by atoms with E-state index in [2.05, 4.69) is 4.98 Å². The summed E-state index contributed by atoms with van der Waals surface area (Å²) in [5, 5.41) is 1.01. The molecule has 1 aromatic carbocycles. The summed E-state index contributed by atoms with van der Waals surface area (Å²) in [6.45, 7) is 1.59. The van der Waals surface area contributed by atoms with Gasteiger partial charge in [0.15, 0.2) is 0 Å². The minimum atomic E-state index is -4.69. The summed E-state index contributed by atoms with van der Waals surface area (Å²) in [4.78, 5) is 32.7. The SMILES string of the molecule is O=c1[nH]c(C(F)(F)F)nc2c1CN(Cc1cc3cccc4c3n(c1=O)CCC4)CC2. The number of fused-ring (bicyclic) bond motifs is 1. The molecule has 4 heterocycles. The number of para-hydroxylation sites is 1. The van der Waals surface area contributed by atoms with Crippen molar-refractivity contribution in [2.45, 2.75) is 45.1 Å². The Hall–Kier alpha value is -2.94. The van der Waals surface area contributed by atoms with Crippen molar-refractivity contribution in [1.29, 1.82) is 0 Å². The van der Waals surface area contributed by atoms with E-state index in [1.165, 1.54) is 5.56 Å². The molecule has 0 saturated heterocycles. The second-order valence-electron chi connectivity index (χ2n) is 7.88. The van der Waals surface area contributed by atoms with Crippen LogP contribution in [0.2, 0.25) is 0 Å². The monoisotopic (exact) mass is 416 g/mol. The van der Waals surface area contributed by atoms with Gasteiger partial charge >= 0.3 is 6.18 Å². The predicted molar refractivity (Wildman–Crippen MR) is 104 cm³/mol. The number of hydrogen-bond acceptors (Lipinski definition) is 4. The van der Waals surface area contributed by atoms with Gasteiger partial charge in [-0.3, -0.25) is 14.5 Å². The number of nitrogens with zero attached hydrogens (tertiary/aromatic N) is 3. The minimum Gasteiger partial charge on any atom is -0.308 e. The first kappa shape index (κ1) is 19.0. The predicted octanol–water partition coefficient (Wildman–Crippen LogP) is 2.61. The Bertz CT molecular complexity index is 1280. The maximum absolute atomic E-state index is 13.1. The zero-order valence-corrected chi connectivity index (χ0v) is 16.1. The maximum atomic E-state index is 13.1. The topological polar surface area (TPSA) is 71.0 Å². The molecule has 0 aliphatic carbocycles. The first-order valence-electron chi connectivity index (χ1n) is 9.87. The van der Waals surface area contributed by atoms with Gasteiger partial charge in [0.05, 0.1) is 16.8 Å². The van der Waals surface area contributed by atoms with E-state index in [0.29, 0.717) is 25.2 Å². The van der Waals surface area contributed by atoms with Crippen LogP contribution in [-0.4, -0.2) is 26.0 Å². The van der Waals surface area contributed by atoms with Crippen LogP contribution in [0.25, 0.3) is 10.9 Å². The van der Waals surface area contributed by atoms with Gasteiger partial charge in [0.25, 0.3) is 11.1 Å². The van der Waals surface area contributed by atoms with Crippen molar-refractivity contribution in [1.82, 2.24) is 19.4 Å². The minimum absolute atomic E-state index is 0.0418. The van der Waals surface area contributed by atoms with Gasteiger partial charge in [-0.05, 0) is 29.9 Å². The molecular formula is C21H19F3N4O2. The lowest BCUT2D eigenvalue weighted by atomic mass is 9.99. The number of aromatic nitrogens is 3. The second kappa shape index (κ2) is 6.80. The van der Waals surface area contributed by atoms with E-state index >= 15 is 0 Å². The molecule has 0 amide bonds. The summed E-state index contributed by atoms with van der Waals surface area (Å²) in [5.74, 6) is -1.26. The van der Waals surface area contributed by atoms with Gasteiger partial charge < -0.3 is 9.55 Å². The summed E-state index contributed by atoms with van der Waals surface area (Å²) in [6, 6.07) is 7.92. The van der Waals surface area contributed by atoms with E-state index < -0.39 is 17.6 Å². The van der Waals surface area contributed by atoms with Gasteiger partial charge in [0.1, 0.15) is 0 Å². The third kappa shape index (κ3) is 3.13. The Labute approximate surface area is 169 Å². The molecule has 2 aromatic heterocycles. The molecular weight excluding hydrogens is 397 g/mol. The maximum Gasteiger partial charge on any atom is 0.449 e. The van der Waals surface area contributed by atoms with Gasteiger partial charge in [-0.2, -0.15) is 13.2 Å². The molecule has 0 atom stereocenters. The number of hydrogen-bond donors (Lipinski definition) is 1. The molecule has 0 spiro atoms. The van der Waals surface area contributed by atoms with Crippen LogP contribution in [-0.2, 0) is 38.7 Å². The van der Waals surface area contributed by atoms with E-state index in [1.54, 1.807) is 0 Å². The van der Waals surface area contributed by atoms with Gasteiger partial charge in [-0.1, -0.05) is 18.2 Å². The van der Waals surface area contributed by atoms with E-state index in [4.69, 9.17) is 0 Å². The van der Waals surface area contributed by atoms with Crippen molar-refractivity contribution in [3.8, 4) is 0 Å². The molecule has 30 heavy (non-hydrogen) atoms. The van der Waals surface area contributed by atoms with Crippen LogP contribution in [0, 0.1) is 0 Å². The van der Waals surface area contributed by atoms with Crippen LogP contribution in [0.1, 0.15) is 34.6 Å². The van der Waals surface area contributed by atoms with E-state index in [1.807, 2.05) is 38.7 Å². The fraction of sp³-hybridized carbons (Fsp3) is 0.381. The van der Waals surface area contributed by atoms with E-state index in [-0.39, 0.29) is 29.8 Å². The number of pyridine rings is 1. The van der Waals surface area contributed by atoms with Crippen molar-refractivity contribution in [2.75, 3.05) is 6.54 Å². The van der Waals surface area contributed by atoms with Crippen molar-refractivity contribution in [3.05, 3.63) is 73.2 Å². The molecule has 2 aliphatic rings. The molecule has 156 valence electrons. The highest BCUT2D eigenvalue weighted by Crippen LogP contribution is 2.27. The molecule has 1 N–H and O–H groups in total. The molecule has 5 rings (SSSR count). The van der Waals surface area contributed by atoms with Crippen LogP contribution < -0.4 is 11.1 Å². The summed E-state index contributed by atoms with van der Waals surface area (Å²) in [5.41, 5.74) is 2.39. The molecule has 0 unspecified atom stereocenters. The van der Waals surface area contributed by atoms with Crippen LogP contribution in [0.3, 0.4) is 0 Å². The average Bonchev–Trinajstić information content (AvgIpc) is 2.71. The van der Waals surface area contributed by atoms with Gasteiger partial charge in [-0.15, -0.1) is 0 Å². The van der Waals surface area contributed by atoms with Crippen LogP contribution >= 0.6 is 0 Å². The number of aryl methyl sites for hydroxylation is 2. The Kier molecular flexibility index (Phi) is 4.32. The molecule has 2 aliphatic heterocycles. The number of nitrogens with one attached hydrogen (secondary N) is 1. The van der Waals surface area contributed by atoms with Gasteiger partial charge in [0, 0.05) is 38.2 Å². The lowest BCUT2D eigenvalue weighted by Crippen LogP contribution is -2.38. The summed E-state index contributed by atoms with van der Waals surface area (Å²) in [7, 11) is 0. The number of benzene rings is 1. The Morgan fingerprint density at radius 2 is 1.97 bits per heavy atom. The fourth-order valence-corrected chi connectivity index (χ4v) is 4.53. The fourth-order valence-electron chi connectivity index (χ4n) is 4.53. The van der Waals surface area contributed by atoms with Crippen LogP contribution in [0.5, 0.6) is 0 Å². The van der Waals surface area contributed by atoms with E-state index in [9.17, 15) is 22.8 Å². The molecule has 9 heteroatoms. The highest BCUT2D eigenvalue weighted by atomic mass is 19.4. The third-order valence-corrected chi connectivity index (χ3v) is 5.91. The van der Waals surface area contributed by atoms with Gasteiger partial charge in [0.2, 0.25) is 5.82 Å². The molecule has 0 saturated carbocycles. The molecule has 3 aromatic rings. The third-order valence-electron chi connectivity index (χ3n) is 5.91. The molecule has 6 nitrogen and oxygen atoms in total. The average molecular weight is 416 g/mol. The number of H-pyrrole nitrogens is 1. The highest BCUT2D eigenvalue weighted by Gasteiger charge is 2.36. The summed E-state index contributed by atoms with van der Waals surface area (Å²) in [6.07, 6.45) is -2.59.